The summed E-state index contributed by atoms with van der Waals surface area (Å²) in [7, 11) is 1.62. The van der Waals surface area contributed by atoms with E-state index in [1.165, 1.54) is 11.8 Å². The minimum absolute atomic E-state index is 0.0562. The minimum Gasteiger partial charge on any atom is -0.497 e. The van der Waals surface area contributed by atoms with Crippen LogP contribution in [0.2, 0.25) is 0 Å². The normalized spacial score (nSPS) is 13.6. The van der Waals surface area contributed by atoms with Gasteiger partial charge in [-0.3, -0.25) is 9.59 Å². The fourth-order valence-electron chi connectivity index (χ4n) is 3.27. The Bertz CT molecular complexity index is 1020. The van der Waals surface area contributed by atoms with Crippen molar-refractivity contribution in [2.24, 2.45) is 0 Å². The topological polar surface area (TPSA) is 101 Å². The van der Waals surface area contributed by atoms with Crippen LogP contribution in [0.5, 0.6) is 5.75 Å². The van der Waals surface area contributed by atoms with Gasteiger partial charge in [-0.05, 0) is 36.6 Å². The monoisotopic (exact) mass is 426 g/mol. The first kappa shape index (κ1) is 20.2. The van der Waals surface area contributed by atoms with Crippen molar-refractivity contribution in [3.8, 4) is 5.75 Å². The Hall–Kier alpha value is -3.07. The van der Waals surface area contributed by atoms with Crippen LogP contribution in [0.15, 0.2) is 46.2 Å². The Labute approximate surface area is 178 Å². The van der Waals surface area contributed by atoms with Gasteiger partial charge >= 0.3 is 0 Å². The fourth-order valence-corrected chi connectivity index (χ4v) is 3.94. The first-order valence-corrected chi connectivity index (χ1v) is 10.7. The number of ketones is 1. The van der Waals surface area contributed by atoms with E-state index in [2.05, 4.69) is 15.2 Å². The number of carbonyl (C=O) groups excluding carboxylic acids is 2. The number of nitrogens with zero attached hydrogens (tertiary/aromatic N) is 3. The molecule has 0 bridgehead atoms. The molecule has 0 spiro atoms. The average molecular weight is 426 g/mol. The summed E-state index contributed by atoms with van der Waals surface area (Å²) in [5.41, 5.74) is 1.95. The molecular formula is C21H22N4O4S. The van der Waals surface area contributed by atoms with Crippen LogP contribution >= 0.6 is 11.8 Å². The fraction of sp³-hybridized carbons (Fsp3) is 0.333. The second kappa shape index (κ2) is 9.17. The molecule has 4 rings (SSSR count). The van der Waals surface area contributed by atoms with E-state index in [9.17, 15) is 9.59 Å². The quantitative estimate of drug-likeness (QED) is 0.436. The van der Waals surface area contributed by atoms with E-state index in [0.29, 0.717) is 28.8 Å². The Morgan fingerprint density at radius 3 is 2.70 bits per heavy atom. The Morgan fingerprint density at radius 2 is 1.97 bits per heavy atom. The summed E-state index contributed by atoms with van der Waals surface area (Å²) in [5, 5.41) is 8.38. The van der Waals surface area contributed by atoms with Crippen molar-refractivity contribution in [2.45, 2.75) is 24.5 Å². The van der Waals surface area contributed by atoms with Crippen LogP contribution in [0.1, 0.15) is 45.1 Å². The first-order valence-electron chi connectivity index (χ1n) is 9.71. The second-order valence-electron chi connectivity index (χ2n) is 7.00. The molecule has 0 aliphatic carbocycles. The Balaban J connectivity index is 1.30. The molecule has 0 atom stereocenters. The van der Waals surface area contributed by atoms with Crippen LogP contribution in [0.25, 0.3) is 0 Å². The molecule has 8 nitrogen and oxygen atoms in total. The van der Waals surface area contributed by atoms with Crippen LogP contribution in [-0.4, -0.2) is 57.7 Å². The first-order chi connectivity index (χ1) is 14.6. The summed E-state index contributed by atoms with van der Waals surface area (Å²) in [5.74, 6) is 1.26. The van der Waals surface area contributed by atoms with E-state index < -0.39 is 0 Å². The van der Waals surface area contributed by atoms with Crippen molar-refractivity contribution >= 4 is 23.5 Å². The number of aromatic nitrogens is 3. The third-order valence-electron chi connectivity index (χ3n) is 4.92. The number of ether oxygens (including phenoxy) is 1. The van der Waals surface area contributed by atoms with Crippen molar-refractivity contribution in [3.05, 3.63) is 59.2 Å². The number of Topliss-reactive ketones (excluding diaryl/α,β-unsaturated/α-hetero) is 1. The molecule has 0 unspecified atom stereocenters. The number of hydrogen-bond acceptors (Lipinski definition) is 7. The molecule has 1 aliphatic heterocycles. The number of methoxy groups -OCH3 is 1. The van der Waals surface area contributed by atoms with Gasteiger partial charge in [0.25, 0.3) is 11.1 Å². The molecule has 1 amide bonds. The van der Waals surface area contributed by atoms with Gasteiger partial charge in [0, 0.05) is 24.8 Å². The van der Waals surface area contributed by atoms with Gasteiger partial charge in [0.05, 0.1) is 19.3 Å². The van der Waals surface area contributed by atoms with Gasteiger partial charge in [-0.1, -0.05) is 23.9 Å². The lowest BCUT2D eigenvalue weighted by Crippen LogP contribution is -2.27. The number of likely N-dealkylation sites (tertiary alicyclic amines) is 1. The van der Waals surface area contributed by atoms with Crippen LogP contribution in [-0.2, 0) is 6.42 Å². The SMILES string of the molecule is COc1ccc(Cc2nnc(SCC(=O)c3c[nH]c(C(=O)N4CCCC4)c3)o2)cc1. The zero-order valence-corrected chi connectivity index (χ0v) is 17.4. The predicted octanol–water partition coefficient (Wildman–Crippen LogP) is 3.21. The molecule has 156 valence electrons. The van der Waals surface area contributed by atoms with Crippen LogP contribution < -0.4 is 4.74 Å². The van der Waals surface area contributed by atoms with Crippen molar-refractivity contribution in [3.63, 3.8) is 0 Å². The number of amides is 1. The molecule has 1 N–H and O–H groups in total. The predicted molar refractivity (Wildman–Crippen MR) is 111 cm³/mol. The van der Waals surface area contributed by atoms with E-state index in [1.807, 2.05) is 24.3 Å². The maximum Gasteiger partial charge on any atom is 0.277 e. The molecule has 3 heterocycles. The van der Waals surface area contributed by atoms with E-state index >= 15 is 0 Å². The second-order valence-corrected chi connectivity index (χ2v) is 7.93. The van der Waals surface area contributed by atoms with Gasteiger partial charge in [-0.25, -0.2) is 0 Å². The highest BCUT2D eigenvalue weighted by molar-refractivity contribution is 7.99. The van der Waals surface area contributed by atoms with Gasteiger partial charge in [0.2, 0.25) is 5.89 Å². The number of thioether (sulfide) groups is 1. The number of nitrogens with one attached hydrogen (secondary N) is 1. The van der Waals surface area contributed by atoms with E-state index in [-0.39, 0.29) is 17.4 Å². The molecule has 1 aliphatic rings. The molecule has 3 aromatic rings. The van der Waals surface area contributed by atoms with Crippen molar-refractivity contribution in [1.82, 2.24) is 20.1 Å². The number of aromatic amines is 1. The highest BCUT2D eigenvalue weighted by Crippen LogP contribution is 2.21. The maximum atomic E-state index is 12.5. The lowest BCUT2D eigenvalue weighted by Gasteiger charge is -2.13. The number of benzene rings is 1. The minimum atomic E-state index is -0.105. The van der Waals surface area contributed by atoms with Crippen molar-refractivity contribution in [2.75, 3.05) is 26.0 Å². The van der Waals surface area contributed by atoms with Crippen LogP contribution in [0.4, 0.5) is 0 Å². The standard InChI is InChI=1S/C21H22N4O4S/c1-28-16-6-4-14(5-7-16)10-19-23-24-21(29-19)30-13-18(26)15-11-17(22-12-15)20(27)25-8-2-3-9-25/h4-7,11-12,22H,2-3,8-10,13H2,1H3. The summed E-state index contributed by atoms with van der Waals surface area (Å²) in [6.07, 6.45) is 4.14. The number of hydrogen-bond donors (Lipinski definition) is 1. The lowest BCUT2D eigenvalue weighted by atomic mass is 10.1. The summed E-state index contributed by atoms with van der Waals surface area (Å²) >= 11 is 1.18. The van der Waals surface area contributed by atoms with E-state index in [4.69, 9.17) is 9.15 Å². The van der Waals surface area contributed by atoms with Crippen molar-refractivity contribution < 1.29 is 18.7 Å². The van der Waals surface area contributed by atoms with Gasteiger partial charge in [-0.15, -0.1) is 10.2 Å². The molecule has 1 aromatic carbocycles. The number of carbonyl (C=O) groups is 2. The lowest BCUT2D eigenvalue weighted by molar-refractivity contribution is 0.0787. The highest BCUT2D eigenvalue weighted by Gasteiger charge is 2.22. The third kappa shape index (κ3) is 4.73. The van der Waals surface area contributed by atoms with Crippen LogP contribution in [0, 0.1) is 0 Å². The van der Waals surface area contributed by atoms with Gasteiger partial charge in [0.15, 0.2) is 5.78 Å². The van der Waals surface area contributed by atoms with Gasteiger partial charge in [-0.2, -0.15) is 0 Å². The molecular weight excluding hydrogens is 404 g/mol. The largest absolute Gasteiger partial charge is 0.497 e. The average Bonchev–Trinajstić information content (AvgIpc) is 3.54. The summed E-state index contributed by atoms with van der Waals surface area (Å²) < 4.78 is 10.8. The van der Waals surface area contributed by atoms with Gasteiger partial charge < -0.3 is 19.0 Å². The smallest absolute Gasteiger partial charge is 0.277 e. The molecule has 0 radical (unpaired) electrons. The van der Waals surface area contributed by atoms with E-state index in [0.717, 1.165) is 37.2 Å². The summed E-state index contributed by atoms with van der Waals surface area (Å²) in [6, 6.07) is 9.24. The van der Waals surface area contributed by atoms with E-state index in [1.54, 1.807) is 24.3 Å². The molecule has 1 fully saturated rings. The maximum absolute atomic E-state index is 12.5. The molecule has 1 saturated heterocycles. The Kier molecular flexibility index (Phi) is 6.18. The summed E-state index contributed by atoms with van der Waals surface area (Å²) in [4.78, 5) is 29.6. The third-order valence-corrected chi connectivity index (χ3v) is 5.74. The molecule has 2 aromatic heterocycles. The Morgan fingerprint density at radius 1 is 1.20 bits per heavy atom. The molecule has 9 heteroatoms. The number of H-pyrrole nitrogens is 1. The number of rotatable bonds is 8. The summed E-state index contributed by atoms with van der Waals surface area (Å²) in [6.45, 7) is 1.54. The zero-order valence-electron chi connectivity index (χ0n) is 16.6. The molecule has 0 saturated carbocycles. The zero-order chi connectivity index (χ0) is 20.9. The van der Waals surface area contributed by atoms with Crippen LogP contribution in [0.3, 0.4) is 0 Å². The molecule has 30 heavy (non-hydrogen) atoms. The highest BCUT2D eigenvalue weighted by atomic mass is 32.2. The van der Waals surface area contributed by atoms with Crippen molar-refractivity contribution in [1.29, 1.82) is 0 Å². The van der Waals surface area contributed by atoms with Gasteiger partial charge in [0.1, 0.15) is 11.4 Å².